The van der Waals surface area contributed by atoms with E-state index < -0.39 is 0 Å². The number of anilines is 2. The summed E-state index contributed by atoms with van der Waals surface area (Å²) < 4.78 is 5.11. The van der Waals surface area contributed by atoms with Crippen molar-refractivity contribution in [3.63, 3.8) is 0 Å². The van der Waals surface area contributed by atoms with Crippen LogP contribution in [0, 0.1) is 6.92 Å². The molecular formula is C12H22N4O. The molecule has 0 aromatic carbocycles. The molecule has 1 heterocycles. The van der Waals surface area contributed by atoms with Crippen LogP contribution in [0.25, 0.3) is 0 Å². The first-order chi connectivity index (χ1) is 8.22. The summed E-state index contributed by atoms with van der Waals surface area (Å²) in [6, 6.07) is 0. The zero-order valence-corrected chi connectivity index (χ0v) is 11.2. The zero-order chi connectivity index (χ0) is 12.7. The van der Waals surface area contributed by atoms with Crippen molar-refractivity contribution in [2.45, 2.75) is 20.8 Å². The van der Waals surface area contributed by atoms with Crippen LogP contribution in [-0.2, 0) is 4.74 Å². The fourth-order valence-electron chi connectivity index (χ4n) is 1.61. The van der Waals surface area contributed by atoms with Crippen molar-refractivity contribution < 1.29 is 4.74 Å². The van der Waals surface area contributed by atoms with E-state index in [9.17, 15) is 0 Å². The van der Waals surface area contributed by atoms with E-state index in [0.717, 1.165) is 31.0 Å². The van der Waals surface area contributed by atoms with Crippen LogP contribution in [0.4, 0.5) is 11.8 Å². The van der Waals surface area contributed by atoms with Crippen molar-refractivity contribution in [2.75, 3.05) is 43.6 Å². The second-order valence-corrected chi connectivity index (χ2v) is 3.80. The third kappa shape index (κ3) is 3.85. The highest BCUT2D eigenvalue weighted by atomic mass is 16.5. The molecule has 0 amide bonds. The number of aryl methyl sites for hydroxylation is 1. The van der Waals surface area contributed by atoms with Gasteiger partial charge in [-0.3, -0.25) is 0 Å². The first-order valence-electron chi connectivity index (χ1n) is 6.04. The molecule has 1 aromatic heterocycles. The number of hydrogen-bond acceptors (Lipinski definition) is 5. The minimum Gasteiger partial charge on any atom is -0.383 e. The third-order valence-electron chi connectivity index (χ3n) is 2.53. The maximum Gasteiger partial charge on any atom is 0.224 e. The molecule has 96 valence electrons. The van der Waals surface area contributed by atoms with E-state index in [0.29, 0.717) is 12.6 Å². The lowest BCUT2D eigenvalue weighted by Crippen LogP contribution is -2.28. The predicted molar refractivity (Wildman–Crippen MR) is 70.7 cm³/mol. The highest BCUT2D eigenvalue weighted by Gasteiger charge is 2.10. The van der Waals surface area contributed by atoms with Crippen LogP contribution in [0.3, 0.4) is 0 Å². The Hall–Kier alpha value is -1.36. The maximum atomic E-state index is 5.11. The second kappa shape index (κ2) is 7.06. The van der Waals surface area contributed by atoms with Gasteiger partial charge in [-0.15, -0.1) is 0 Å². The summed E-state index contributed by atoms with van der Waals surface area (Å²) in [6.45, 7) is 9.46. The minimum absolute atomic E-state index is 0.684. The van der Waals surface area contributed by atoms with E-state index in [1.807, 2.05) is 20.0 Å². The van der Waals surface area contributed by atoms with Crippen LogP contribution in [0.1, 0.15) is 19.4 Å². The number of rotatable bonds is 7. The van der Waals surface area contributed by atoms with Gasteiger partial charge >= 0.3 is 0 Å². The van der Waals surface area contributed by atoms with Crippen LogP contribution >= 0.6 is 0 Å². The van der Waals surface area contributed by atoms with Crippen LogP contribution in [0.5, 0.6) is 0 Å². The SMILES string of the molecule is CCNc1ncc(C)c(N(CC)CCOC)n1. The second-order valence-electron chi connectivity index (χ2n) is 3.80. The molecule has 5 nitrogen and oxygen atoms in total. The molecule has 0 unspecified atom stereocenters. The van der Waals surface area contributed by atoms with Crippen molar-refractivity contribution in [1.29, 1.82) is 0 Å². The van der Waals surface area contributed by atoms with Crippen LogP contribution < -0.4 is 10.2 Å². The molecule has 0 aliphatic rings. The van der Waals surface area contributed by atoms with Gasteiger partial charge in [-0.25, -0.2) is 4.98 Å². The predicted octanol–water partition coefficient (Wildman–Crippen LogP) is 1.69. The first kappa shape index (κ1) is 13.7. The summed E-state index contributed by atoms with van der Waals surface area (Å²) in [5, 5.41) is 3.13. The molecule has 0 saturated heterocycles. The van der Waals surface area contributed by atoms with Crippen molar-refractivity contribution >= 4 is 11.8 Å². The topological polar surface area (TPSA) is 50.3 Å². The van der Waals surface area contributed by atoms with Gasteiger partial charge < -0.3 is 15.0 Å². The smallest absolute Gasteiger partial charge is 0.224 e. The highest BCUT2D eigenvalue weighted by Crippen LogP contribution is 2.17. The standard InChI is InChI=1S/C12H22N4O/c1-5-13-12-14-9-10(3)11(15-12)16(6-2)7-8-17-4/h9H,5-8H2,1-4H3,(H,13,14,15). The molecule has 0 saturated carbocycles. The quantitative estimate of drug-likeness (QED) is 0.783. The van der Waals surface area contributed by atoms with Gasteiger partial charge in [0.05, 0.1) is 6.61 Å². The van der Waals surface area contributed by atoms with E-state index in [4.69, 9.17) is 4.74 Å². The average molecular weight is 238 g/mol. The van der Waals surface area contributed by atoms with Gasteiger partial charge in [0.1, 0.15) is 5.82 Å². The van der Waals surface area contributed by atoms with E-state index in [1.165, 1.54) is 0 Å². The summed E-state index contributed by atoms with van der Waals surface area (Å²) in [4.78, 5) is 11.0. The number of aromatic nitrogens is 2. The lowest BCUT2D eigenvalue weighted by Gasteiger charge is -2.23. The molecular weight excluding hydrogens is 216 g/mol. The number of likely N-dealkylation sites (N-methyl/N-ethyl adjacent to an activating group) is 1. The fourth-order valence-corrected chi connectivity index (χ4v) is 1.61. The summed E-state index contributed by atoms with van der Waals surface area (Å²) in [5.74, 6) is 1.67. The molecule has 1 N–H and O–H groups in total. The molecule has 0 atom stereocenters. The number of methoxy groups -OCH3 is 1. The van der Waals surface area contributed by atoms with Gasteiger partial charge in [0.2, 0.25) is 5.95 Å². The summed E-state index contributed by atoms with van der Waals surface area (Å²) in [6.07, 6.45) is 1.86. The summed E-state index contributed by atoms with van der Waals surface area (Å²) >= 11 is 0. The molecule has 1 aromatic rings. The molecule has 5 heteroatoms. The summed E-state index contributed by atoms with van der Waals surface area (Å²) in [7, 11) is 1.71. The Labute approximate surface area is 103 Å². The fraction of sp³-hybridized carbons (Fsp3) is 0.667. The van der Waals surface area contributed by atoms with Crippen molar-refractivity contribution in [2.24, 2.45) is 0 Å². The van der Waals surface area contributed by atoms with Gasteiger partial charge in [0.25, 0.3) is 0 Å². The molecule has 0 aliphatic heterocycles. The Morgan fingerprint density at radius 2 is 2.18 bits per heavy atom. The minimum atomic E-state index is 0.684. The van der Waals surface area contributed by atoms with Gasteiger partial charge in [-0.05, 0) is 20.8 Å². The van der Waals surface area contributed by atoms with Crippen molar-refractivity contribution in [1.82, 2.24) is 9.97 Å². The molecule has 0 fully saturated rings. The highest BCUT2D eigenvalue weighted by molar-refractivity contribution is 5.48. The molecule has 0 aliphatic carbocycles. The van der Waals surface area contributed by atoms with Crippen LogP contribution in [-0.4, -0.2) is 43.3 Å². The number of hydrogen-bond donors (Lipinski definition) is 1. The van der Waals surface area contributed by atoms with Crippen LogP contribution in [0.2, 0.25) is 0 Å². The maximum absolute atomic E-state index is 5.11. The molecule has 0 bridgehead atoms. The Kier molecular flexibility index (Phi) is 5.69. The first-order valence-corrected chi connectivity index (χ1v) is 6.04. The van der Waals surface area contributed by atoms with E-state index in [-0.39, 0.29) is 0 Å². The summed E-state index contributed by atoms with van der Waals surface area (Å²) in [5.41, 5.74) is 1.09. The number of ether oxygens (including phenoxy) is 1. The Balaban J connectivity index is 2.87. The van der Waals surface area contributed by atoms with Gasteiger partial charge in [-0.2, -0.15) is 4.98 Å². The number of nitrogens with zero attached hydrogens (tertiary/aromatic N) is 3. The van der Waals surface area contributed by atoms with E-state index >= 15 is 0 Å². The largest absolute Gasteiger partial charge is 0.383 e. The van der Waals surface area contributed by atoms with Crippen molar-refractivity contribution in [3.05, 3.63) is 11.8 Å². The Bertz CT molecular complexity index is 343. The van der Waals surface area contributed by atoms with Gasteiger partial charge in [0.15, 0.2) is 0 Å². The normalized spacial score (nSPS) is 10.4. The van der Waals surface area contributed by atoms with Crippen molar-refractivity contribution in [3.8, 4) is 0 Å². The molecule has 0 radical (unpaired) electrons. The Morgan fingerprint density at radius 1 is 1.41 bits per heavy atom. The number of nitrogens with one attached hydrogen (secondary N) is 1. The molecule has 1 rings (SSSR count). The molecule has 17 heavy (non-hydrogen) atoms. The van der Waals surface area contributed by atoms with Crippen LogP contribution in [0.15, 0.2) is 6.20 Å². The lowest BCUT2D eigenvalue weighted by molar-refractivity contribution is 0.205. The lowest BCUT2D eigenvalue weighted by atomic mass is 10.3. The van der Waals surface area contributed by atoms with Gasteiger partial charge in [-0.1, -0.05) is 0 Å². The average Bonchev–Trinajstić information content (AvgIpc) is 2.34. The van der Waals surface area contributed by atoms with Gasteiger partial charge in [0, 0.05) is 38.5 Å². The monoisotopic (exact) mass is 238 g/mol. The zero-order valence-electron chi connectivity index (χ0n) is 11.2. The molecule has 0 spiro atoms. The van der Waals surface area contributed by atoms with E-state index in [2.05, 4.69) is 27.1 Å². The Morgan fingerprint density at radius 3 is 2.76 bits per heavy atom. The third-order valence-corrected chi connectivity index (χ3v) is 2.53. The van der Waals surface area contributed by atoms with E-state index in [1.54, 1.807) is 7.11 Å².